The van der Waals surface area contributed by atoms with Crippen molar-refractivity contribution in [3.05, 3.63) is 17.5 Å². The first-order valence-electron chi connectivity index (χ1n) is 7.84. The summed E-state index contributed by atoms with van der Waals surface area (Å²) in [6, 6.07) is 2.83. The van der Waals surface area contributed by atoms with Crippen molar-refractivity contribution in [2.75, 3.05) is 19.6 Å². The first-order chi connectivity index (χ1) is 10.5. The standard InChI is InChI=1S/C15H22N2O3S2/c1-12-5-2-8-16(11-12)15(18)13-6-3-9-17(13)22(19,20)14-7-4-10-21-14/h4,7,10,12-13H,2-3,5-6,8-9,11H2,1H3/t12-,13-/m1/s1. The van der Waals surface area contributed by atoms with Gasteiger partial charge in [-0.25, -0.2) is 8.42 Å². The summed E-state index contributed by atoms with van der Waals surface area (Å²) in [6.45, 7) is 4.10. The molecule has 3 heterocycles. The Balaban J connectivity index is 1.80. The summed E-state index contributed by atoms with van der Waals surface area (Å²) in [4.78, 5) is 14.7. The van der Waals surface area contributed by atoms with E-state index in [2.05, 4.69) is 6.92 Å². The van der Waals surface area contributed by atoms with E-state index in [1.165, 1.54) is 15.6 Å². The number of piperidine rings is 1. The fraction of sp³-hybridized carbons (Fsp3) is 0.667. The molecule has 2 fully saturated rings. The van der Waals surface area contributed by atoms with E-state index in [1.807, 2.05) is 4.90 Å². The molecule has 0 N–H and O–H groups in total. The molecule has 1 aromatic rings. The first kappa shape index (κ1) is 16.0. The largest absolute Gasteiger partial charge is 0.341 e. The number of likely N-dealkylation sites (tertiary alicyclic amines) is 1. The zero-order chi connectivity index (χ0) is 15.7. The molecule has 0 unspecified atom stereocenters. The van der Waals surface area contributed by atoms with E-state index in [0.29, 0.717) is 23.1 Å². The monoisotopic (exact) mass is 342 g/mol. The van der Waals surface area contributed by atoms with Crippen molar-refractivity contribution in [2.45, 2.75) is 42.9 Å². The molecule has 0 radical (unpaired) electrons. The van der Waals surface area contributed by atoms with Crippen molar-refractivity contribution in [3.63, 3.8) is 0 Å². The highest BCUT2D eigenvalue weighted by Crippen LogP contribution is 2.30. The zero-order valence-corrected chi connectivity index (χ0v) is 14.4. The molecule has 0 aromatic carbocycles. The minimum absolute atomic E-state index is 0.0100. The number of hydrogen-bond donors (Lipinski definition) is 0. The van der Waals surface area contributed by atoms with E-state index in [1.54, 1.807) is 17.5 Å². The van der Waals surface area contributed by atoms with Crippen LogP contribution in [0, 0.1) is 5.92 Å². The van der Waals surface area contributed by atoms with Gasteiger partial charge in [0.25, 0.3) is 10.0 Å². The minimum atomic E-state index is -3.54. The maximum absolute atomic E-state index is 12.8. The van der Waals surface area contributed by atoms with Crippen molar-refractivity contribution in [3.8, 4) is 0 Å². The van der Waals surface area contributed by atoms with Gasteiger partial charge in [0, 0.05) is 19.6 Å². The molecule has 1 aromatic heterocycles. The maximum Gasteiger partial charge on any atom is 0.253 e. The minimum Gasteiger partial charge on any atom is -0.341 e. The van der Waals surface area contributed by atoms with Gasteiger partial charge in [0.05, 0.1) is 0 Å². The van der Waals surface area contributed by atoms with Crippen LogP contribution in [-0.2, 0) is 14.8 Å². The number of sulfonamides is 1. The Morgan fingerprint density at radius 3 is 2.73 bits per heavy atom. The van der Waals surface area contributed by atoms with Gasteiger partial charge in [0.2, 0.25) is 5.91 Å². The molecule has 0 spiro atoms. The SMILES string of the molecule is C[C@@H]1CCCN(C(=O)[C@H]2CCCN2S(=O)(=O)c2cccs2)C1. The van der Waals surface area contributed by atoms with Crippen LogP contribution in [0.25, 0.3) is 0 Å². The lowest BCUT2D eigenvalue weighted by Crippen LogP contribution is -2.50. The lowest BCUT2D eigenvalue weighted by molar-refractivity contribution is -0.136. The van der Waals surface area contributed by atoms with Gasteiger partial charge >= 0.3 is 0 Å². The molecular formula is C15H22N2O3S2. The fourth-order valence-electron chi connectivity index (χ4n) is 3.40. The Bertz CT molecular complexity index is 627. The molecule has 22 heavy (non-hydrogen) atoms. The Labute approximate surface area is 136 Å². The molecule has 2 saturated heterocycles. The quantitative estimate of drug-likeness (QED) is 0.846. The van der Waals surface area contributed by atoms with E-state index >= 15 is 0 Å². The smallest absolute Gasteiger partial charge is 0.253 e. The predicted molar refractivity (Wildman–Crippen MR) is 86.2 cm³/mol. The van der Waals surface area contributed by atoms with Gasteiger partial charge in [0.15, 0.2) is 0 Å². The normalized spacial score (nSPS) is 27.2. The molecule has 0 aliphatic carbocycles. The molecule has 2 atom stereocenters. The van der Waals surface area contributed by atoms with E-state index in [0.717, 1.165) is 32.4 Å². The van der Waals surface area contributed by atoms with E-state index in [9.17, 15) is 13.2 Å². The van der Waals surface area contributed by atoms with Crippen LogP contribution in [0.3, 0.4) is 0 Å². The molecule has 0 saturated carbocycles. The summed E-state index contributed by atoms with van der Waals surface area (Å²) in [5.41, 5.74) is 0. The first-order valence-corrected chi connectivity index (χ1v) is 10.2. The molecule has 3 rings (SSSR count). The van der Waals surface area contributed by atoms with Crippen LogP contribution in [-0.4, -0.2) is 49.2 Å². The Kier molecular flexibility index (Phi) is 4.56. The average molecular weight is 342 g/mol. The lowest BCUT2D eigenvalue weighted by atomic mass is 9.99. The van der Waals surface area contributed by atoms with Crippen molar-refractivity contribution in [1.29, 1.82) is 0 Å². The molecule has 122 valence electrons. The highest BCUT2D eigenvalue weighted by atomic mass is 32.2. The number of amides is 1. The van der Waals surface area contributed by atoms with Crippen molar-refractivity contribution >= 4 is 27.3 Å². The molecule has 1 amide bonds. The van der Waals surface area contributed by atoms with Crippen molar-refractivity contribution < 1.29 is 13.2 Å². The summed E-state index contributed by atoms with van der Waals surface area (Å²) in [6.07, 6.45) is 3.54. The van der Waals surface area contributed by atoms with Gasteiger partial charge in [-0.3, -0.25) is 4.79 Å². The maximum atomic E-state index is 12.8. The third-order valence-electron chi connectivity index (χ3n) is 4.52. The van der Waals surface area contributed by atoms with E-state index in [4.69, 9.17) is 0 Å². The second-order valence-electron chi connectivity index (χ2n) is 6.24. The van der Waals surface area contributed by atoms with Crippen LogP contribution in [0.1, 0.15) is 32.6 Å². The number of hydrogen-bond acceptors (Lipinski definition) is 4. The number of nitrogens with zero attached hydrogens (tertiary/aromatic N) is 2. The summed E-state index contributed by atoms with van der Waals surface area (Å²) in [7, 11) is -3.54. The van der Waals surface area contributed by atoms with Gasteiger partial charge in [0.1, 0.15) is 10.3 Å². The Morgan fingerprint density at radius 2 is 2.05 bits per heavy atom. The number of carbonyl (C=O) groups is 1. The number of rotatable bonds is 3. The van der Waals surface area contributed by atoms with Crippen molar-refractivity contribution in [2.24, 2.45) is 5.92 Å². The van der Waals surface area contributed by atoms with Crippen LogP contribution in [0.2, 0.25) is 0 Å². The third kappa shape index (κ3) is 2.94. The van der Waals surface area contributed by atoms with Gasteiger partial charge < -0.3 is 4.90 Å². The van der Waals surface area contributed by atoms with Gasteiger partial charge in [-0.15, -0.1) is 11.3 Å². The van der Waals surface area contributed by atoms with Crippen molar-refractivity contribution in [1.82, 2.24) is 9.21 Å². The van der Waals surface area contributed by atoms with E-state index < -0.39 is 16.1 Å². The molecule has 7 heteroatoms. The molecule has 5 nitrogen and oxygen atoms in total. The summed E-state index contributed by atoms with van der Waals surface area (Å²) < 4.78 is 27.2. The average Bonchev–Trinajstić information content (AvgIpc) is 3.18. The summed E-state index contributed by atoms with van der Waals surface area (Å²) in [5.74, 6) is 0.491. The zero-order valence-electron chi connectivity index (χ0n) is 12.8. The second kappa shape index (κ2) is 6.29. The molecular weight excluding hydrogens is 320 g/mol. The second-order valence-corrected chi connectivity index (χ2v) is 9.30. The predicted octanol–water partition coefficient (Wildman–Crippen LogP) is 2.16. The molecule has 0 bridgehead atoms. The van der Waals surface area contributed by atoms with E-state index in [-0.39, 0.29) is 5.91 Å². The van der Waals surface area contributed by atoms with Gasteiger partial charge in [-0.1, -0.05) is 13.0 Å². The fourth-order valence-corrected chi connectivity index (χ4v) is 6.17. The highest BCUT2D eigenvalue weighted by Gasteiger charge is 2.41. The lowest BCUT2D eigenvalue weighted by Gasteiger charge is -2.34. The van der Waals surface area contributed by atoms with Gasteiger partial charge in [-0.05, 0) is 43.0 Å². The van der Waals surface area contributed by atoms with Crippen LogP contribution < -0.4 is 0 Å². The summed E-state index contributed by atoms with van der Waals surface area (Å²) >= 11 is 1.21. The van der Waals surface area contributed by atoms with Crippen LogP contribution in [0.5, 0.6) is 0 Å². The topological polar surface area (TPSA) is 57.7 Å². The molecule has 2 aliphatic rings. The Morgan fingerprint density at radius 1 is 1.27 bits per heavy atom. The summed E-state index contributed by atoms with van der Waals surface area (Å²) in [5, 5.41) is 1.76. The van der Waals surface area contributed by atoms with Crippen LogP contribution >= 0.6 is 11.3 Å². The molecule has 2 aliphatic heterocycles. The van der Waals surface area contributed by atoms with Crippen LogP contribution in [0.15, 0.2) is 21.7 Å². The number of thiophene rings is 1. The Hall–Kier alpha value is -0.920. The van der Waals surface area contributed by atoms with Crippen LogP contribution in [0.4, 0.5) is 0 Å². The number of carbonyl (C=O) groups excluding carboxylic acids is 1. The third-order valence-corrected chi connectivity index (χ3v) is 7.80. The highest BCUT2D eigenvalue weighted by molar-refractivity contribution is 7.91. The van der Waals surface area contributed by atoms with Gasteiger partial charge in [-0.2, -0.15) is 4.31 Å².